The molecular weight excluding hydrogens is 433 g/mol. The molecule has 1 aliphatic rings. The fraction of sp³-hybridized carbons (Fsp3) is 0.519. The number of carboxylic acids is 1. The Labute approximate surface area is 202 Å². The van der Waals surface area contributed by atoms with E-state index in [9.17, 15) is 9.18 Å². The number of carbonyl (C=O) groups is 1. The summed E-state index contributed by atoms with van der Waals surface area (Å²) in [6.07, 6.45) is 6.87. The van der Waals surface area contributed by atoms with Gasteiger partial charge in [-0.2, -0.15) is 4.98 Å². The van der Waals surface area contributed by atoms with Crippen molar-refractivity contribution >= 4 is 11.5 Å². The number of nitrogens with zero attached hydrogens (tertiary/aromatic N) is 2. The number of rotatable bonds is 9. The third-order valence-corrected chi connectivity index (χ3v) is 6.17. The molecule has 3 unspecified atom stereocenters. The number of nitrogens with one attached hydrogen (secondary N) is 1. The number of benzene rings is 1. The van der Waals surface area contributed by atoms with Gasteiger partial charge in [0.15, 0.2) is 0 Å². The minimum Gasteiger partial charge on any atom is -0.481 e. The standard InChI is InChI=1S/C24H30FN3O3.C3H8/c1-5-24(3)11-10-18(14-20(24)25)23-27-22(28-31-23)17-8-6-16(7-9-17)19(26-4)12-15(2)13-21(29)30;1-3-2/h6-10,14-15,19,26H,5,11-13H2,1-4H3,(H,29,30);3H2,1-2H3. The van der Waals surface area contributed by atoms with E-state index in [0.717, 1.165) is 24.0 Å². The number of halogens is 1. The Morgan fingerprint density at radius 2 is 1.91 bits per heavy atom. The topological polar surface area (TPSA) is 88.2 Å². The lowest BCUT2D eigenvalue weighted by Crippen LogP contribution is -2.20. The van der Waals surface area contributed by atoms with E-state index in [1.807, 2.05) is 58.2 Å². The summed E-state index contributed by atoms with van der Waals surface area (Å²) in [6.45, 7) is 10.1. The molecule has 0 bridgehead atoms. The van der Waals surface area contributed by atoms with Crippen molar-refractivity contribution in [2.24, 2.45) is 11.3 Å². The Morgan fingerprint density at radius 3 is 2.44 bits per heavy atom. The summed E-state index contributed by atoms with van der Waals surface area (Å²) in [5.74, 6) is -0.135. The first-order chi connectivity index (χ1) is 16.2. The van der Waals surface area contributed by atoms with E-state index < -0.39 is 11.4 Å². The number of aromatic nitrogens is 2. The predicted molar refractivity (Wildman–Crippen MR) is 134 cm³/mol. The first-order valence-corrected chi connectivity index (χ1v) is 12.1. The third kappa shape index (κ3) is 7.10. The second-order valence-corrected chi connectivity index (χ2v) is 9.30. The molecule has 0 spiro atoms. The van der Waals surface area contributed by atoms with Gasteiger partial charge < -0.3 is 14.9 Å². The molecule has 0 fully saturated rings. The Balaban J connectivity index is 0.00000129. The molecule has 6 nitrogen and oxygen atoms in total. The van der Waals surface area contributed by atoms with E-state index in [1.54, 1.807) is 0 Å². The highest BCUT2D eigenvalue weighted by Crippen LogP contribution is 2.41. The van der Waals surface area contributed by atoms with Gasteiger partial charge in [-0.15, -0.1) is 0 Å². The molecule has 34 heavy (non-hydrogen) atoms. The molecule has 1 aromatic carbocycles. The maximum absolute atomic E-state index is 14.5. The second-order valence-electron chi connectivity index (χ2n) is 9.30. The summed E-state index contributed by atoms with van der Waals surface area (Å²) < 4.78 is 19.9. The quantitative estimate of drug-likeness (QED) is 0.410. The molecule has 0 saturated heterocycles. The van der Waals surface area contributed by atoms with Crippen molar-refractivity contribution in [3.8, 4) is 11.4 Å². The van der Waals surface area contributed by atoms with Gasteiger partial charge in [-0.25, -0.2) is 4.39 Å². The van der Waals surface area contributed by atoms with Crippen LogP contribution in [-0.4, -0.2) is 28.3 Å². The lowest BCUT2D eigenvalue weighted by molar-refractivity contribution is -0.138. The fourth-order valence-electron chi connectivity index (χ4n) is 3.79. The maximum atomic E-state index is 14.5. The molecule has 2 aromatic rings. The van der Waals surface area contributed by atoms with Crippen LogP contribution >= 0.6 is 0 Å². The molecular formula is C27H38FN3O3. The van der Waals surface area contributed by atoms with E-state index in [-0.39, 0.29) is 24.2 Å². The highest BCUT2D eigenvalue weighted by molar-refractivity contribution is 5.72. The normalized spacial score (nSPS) is 19.4. The minimum absolute atomic E-state index is 0.0533. The summed E-state index contributed by atoms with van der Waals surface area (Å²) in [6, 6.07) is 7.84. The number of carboxylic acid groups (broad SMARTS) is 1. The van der Waals surface area contributed by atoms with Gasteiger partial charge in [-0.3, -0.25) is 4.79 Å². The van der Waals surface area contributed by atoms with E-state index in [0.29, 0.717) is 23.7 Å². The van der Waals surface area contributed by atoms with Crippen molar-refractivity contribution in [1.82, 2.24) is 15.5 Å². The Bertz CT molecular complexity index is 997. The Kier molecular flexibility index (Phi) is 10.2. The van der Waals surface area contributed by atoms with Crippen molar-refractivity contribution in [3.63, 3.8) is 0 Å². The SMILES string of the molecule is CCC.CCC1(C)CC=C(c2nc(-c3ccc(C(CC(C)CC(=O)O)NC)cc3)no2)C=C1F. The molecule has 1 heterocycles. The molecule has 186 valence electrons. The Hall–Kier alpha value is -2.80. The van der Waals surface area contributed by atoms with Crippen LogP contribution in [0, 0.1) is 11.3 Å². The summed E-state index contributed by atoms with van der Waals surface area (Å²) >= 11 is 0. The highest BCUT2D eigenvalue weighted by Gasteiger charge is 2.31. The molecule has 1 aliphatic carbocycles. The number of aliphatic carboxylic acids is 1. The van der Waals surface area contributed by atoms with Crippen LogP contribution in [0.1, 0.15) is 84.2 Å². The zero-order valence-electron chi connectivity index (χ0n) is 21.2. The molecule has 0 saturated carbocycles. The number of allylic oxidation sites excluding steroid dienone is 4. The van der Waals surface area contributed by atoms with E-state index >= 15 is 0 Å². The molecule has 7 heteroatoms. The molecule has 3 atom stereocenters. The third-order valence-electron chi connectivity index (χ3n) is 6.17. The monoisotopic (exact) mass is 471 g/mol. The average molecular weight is 472 g/mol. The fourth-order valence-corrected chi connectivity index (χ4v) is 3.79. The average Bonchev–Trinajstić information content (AvgIpc) is 3.30. The van der Waals surface area contributed by atoms with Crippen LogP contribution in [0.4, 0.5) is 4.39 Å². The molecule has 3 rings (SSSR count). The van der Waals surface area contributed by atoms with Gasteiger partial charge in [0, 0.05) is 29.0 Å². The van der Waals surface area contributed by atoms with Crippen LogP contribution in [0.15, 0.2) is 46.8 Å². The predicted octanol–water partition coefficient (Wildman–Crippen LogP) is 6.97. The van der Waals surface area contributed by atoms with Crippen molar-refractivity contribution < 1.29 is 18.8 Å². The number of hydrogen-bond donors (Lipinski definition) is 2. The Morgan fingerprint density at radius 1 is 1.26 bits per heavy atom. The van der Waals surface area contributed by atoms with Crippen LogP contribution in [0.3, 0.4) is 0 Å². The van der Waals surface area contributed by atoms with Crippen molar-refractivity contribution in [2.75, 3.05) is 7.05 Å². The second kappa shape index (κ2) is 12.6. The first-order valence-electron chi connectivity index (χ1n) is 12.1. The molecule has 0 amide bonds. The van der Waals surface area contributed by atoms with Gasteiger partial charge in [0.1, 0.15) is 5.83 Å². The van der Waals surface area contributed by atoms with Gasteiger partial charge >= 0.3 is 5.97 Å². The zero-order chi connectivity index (χ0) is 25.3. The first kappa shape index (κ1) is 27.4. The zero-order valence-corrected chi connectivity index (χ0v) is 21.2. The van der Waals surface area contributed by atoms with Crippen LogP contribution < -0.4 is 5.32 Å². The van der Waals surface area contributed by atoms with Crippen LogP contribution in [0.2, 0.25) is 0 Å². The lowest BCUT2D eigenvalue weighted by Gasteiger charge is -2.28. The van der Waals surface area contributed by atoms with Crippen molar-refractivity contribution in [1.29, 1.82) is 0 Å². The maximum Gasteiger partial charge on any atom is 0.303 e. The van der Waals surface area contributed by atoms with Crippen LogP contribution in [0.5, 0.6) is 0 Å². The van der Waals surface area contributed by atoms with Gasteiger partial charge in [-0.1, -0.05) is 76.5 Å². The largest absolute Gasteiger partial charge is 0.481 e. The van der Waals surface area contributed by atoms with E-state index in [2.05, 4.69) is 29.3 Å². The van der Waals surface area contributed by atoms with Gasteiger partial charge in [-0.05, 0) is 43.9 Å². The minimum atomic E-state index is -0.785. The molecule has 2 N–H and O–H groups in total. The smallest absolute Gasteiger partial charge is 0.303 e. The highest BCUT2D eigenvalue weighted by atomic mass is 19.1. The van der Waals surface area contributed by atoms with E-state index in [4.69, 9.17) is 9.63 Å². The lowest BCUT2D eigenvalue weighted by atomic mass is 9.78. The molecule has 1 aromatic heterocycles. The van der Waals surface area contributed by atoms with Gasteiger partial charge in [0.2, 0.25) is 5.82 Å². The molecule has 0 aliphatic heterocycles. The van der Waals surface area contributed by atoms with Crippen molar-refractivity contribution in [3.05, 3.63) is 53.7 Å². The summed E-state index contributed by atoms with van der Waals surface area (Å²) in [5, 5.41) is 16.3. The van der Waals surface area contributed by atoms with Crippen LogP contribution in [0.25, 0.3) is 17.0 Å². The van der Waals surface area contributed by atoms with Crippen molar-refractivity contribution in [2.45, 2.75) is 72.8 Å². The summed E-state index contributed by atoms with van der Waals surface area (Å²) in [5.41, 5.74) is 2.01. The van der Waals surface area contributed by atoms with Crippen LogP contribution in [-0.2, 0) is 4.79 Å². The summed E-state index contributed by atoms with van der Waals surface area (Å²) in [7, 11) is 1.87. The van der Waals surface area contributed by atoms with E-state index in [1.165, 1.54) is 12.5 Å². The van der Waals surface area contributed by atoms with Gasteiger partial charge in [0.05, 0.1) is 0 Å². The molecule has 0 radical (unpaired) electrons. The summed E-state index contributed by atoms with van der Waals surface area (Å²) in [4.78, 5) is 15.4. The number of hydrogen-bond acceptors (Lipinski definition) is 5. The van der Waals surface area contributed by atoms with Gasteiger partial charge in [0.25, 0.3) is 5.89 Å².